The van der Waals surface area contributed by atoms with Gasteiger partial charge in [-0.15, -0.1) is 0 Å². The topological polar surface area (TPSA) is 52.0 Å². The van der Waals surface area contributed by atoms with Crippen LogP contribution >= 0.6 is 0 Å². The Labute approximate surface area is 145 Å². The normalized spacial score (nSPS) is 11.5. The number of para-hydroxylation sites is 2. The molecule has 0 aromatic heterocycles. The van der Waals surface area contributed by atoms with Crippen LogP contribution in [0.3, 0.4) is 0 Å². The highest BCUT2D eigenvalue weighted by atomic mass is 28.3. The fourth-order valence-corrected chi connectivity index (χ4v) is 5.35. The van der Waals surface area contributed by atoms with E-state index < -0.39 is 8.07 Å². The summed E-state index contributed by atoms with van der Waals surface area (Å²) in [5.74, 6) is 0. The average Bonchev–Trinajstić information content (AvgIpc) is 2.54. The maximum Gasteiger partial charge on any atom is 0.0792 e. The molecule has 0 saturated heterocycles. The van der Waals surface area contributed by atoms with Crippen LogP contribution in [0.4, 0.5) is 11.4 Å². The molecule has 3 rings (SSSR count). The molecule has 0 fully saturated rings. The van der Waals surface area contributed by atoms with Gasteiger partial charge < -0.3 is 11.5 Å². The first kappa shape index (κ1) is 16.3. The van der Waals surface area contributed by atoms with Gasteiger partial charge in [-0.3, -0.25) is 0 Å². The largest absolute Gasteiger partial charge is 0.398 e. The molecular formula is C21H24N2Si. The highest BCUT2D eigenvalue weighted by Gasteiger charge is 2.26. The van der Waals surface area contributed by atoms with Crippen molar-refractivity contribution in [3.63, 3.8) is 0 Å². The summed E-state index contributed by atoms with van der Waals surface area (Å²) < 4.78 is 0. The maximum absolute atomic E-state index is 6.27. The molecule has 122 valence electrons. The number of anilines is 2. The highest BCUT2D eigenvalue weighted by Crippen LogP contribution is 2.32. The van der Waals surface area contributed by atoms with Gasteiger partial charge in [0.2, 0.25) is 0 Å². The predicted molar refractivity (Wildman–Crippen MR) is 109 cm³/mol. The van der Waals surface area contributed by atoms with Crippen molar-refractivity contribution in [2.24, 2.45) is 0 Å². The lowest BCUT2D eigenvalue weighted by atomic mass is 9.97. The van der Waals surface area contributed by atoms with Gasteiger partial charge in [0.15, 0.2) is 0 Å². The van der Waals surface area contributed by atoms with Crippen molar-refractivity contribution in [1.29, 1.82) is 0 Å². The molecule has 0 aliphatic carbocycles. The lowest BCUT2D eigenvalue weighted by Gasteiger charge is -2.26. The summed E-state index contributed by atoms with van der Waals surface area (Å²) in [5, 5.41) is 1.40. The number of benzene rings is 3. The van der Waals surface area contributed by atoms with Crippen molar-refractivity contribution < 1.29 is 0 Å². The molecule has 0 radical (unpaired) electrons. The smallest absolute Gasteiger partial charge is 0.0792 e. The lowest BCUT2D eigenvalue weighted by molar-refractivity contribution is 1.58. The Morgan fingerprint density at radius 1 is 0.542 bits per heavy atom. The molecule has 4 N–H and O–H groups in total. The van der Waals surface area contributed by atoms with Crippen LogP contribution in [0.1, 0.15) is 0 Å². The molecule has 2 nitrogen and oxygen atoms in total. The molecule has 3 aromatic rings. The van der Waals surface area contributed by atoms with Gasteiger partial charge in [-0.1, -0.05) is 74.2 Å². The Balaban J connectivity index is 2.36. The minimum absolute atomic E-state index is 0.815. The molecule has 0 unspecified atom stereocenters. The lowest BCUT2D eigenvalue weighted by Crippen LogP contribution is -2.40. The molecule has 3 heteroatoms. The van der Waals surface area contributed by atoms with E-state index in [9.17, 15) is 0 Å². The Bertz CT molecular complexity index is 815. The highest BCUT2D eigenvalue weighted by molar-refractivity contribution is 6.90. The minimum Gasteiger partial charge on any atom is -0.398 e. The third kappa shape index (κ3) is 2.95. The number of nitrogen functional groups attached to an aromatic ring is 2. The standard InChI is InChI=1S/C21H24N2Si/c1-24(2,3)21-17(15-9-4-6-13-19(15)22)11-8-12-18(21)16-10-5-7-14-20(16)23/h4-14H,22-23H2,1-3H3. The number of hydrogen-bond donors (Lipinski definition) is 2. The fraction of sp³-hybridized carbons (Fsp3) is 0.143. The van der Waals surface area contributed by atoms with Gasteiger partial charge in [0.25, 0.3) is 0 Å². The molecule has 0 bridgehead atoms. The molecule has 0 spiro atoms. The zero-order valence-electron chi connectivity index (χ0n) is 14.5. The summed E-state index contributed by atoms with van der Waals surface area (Å²) in [4.78, 5) is 0. The Morgan fingerprint density at radius 3 is 1.29 bits per heavy atom. The molecule has 0 heterocycles. The van der Waals surface area contributed by atoms with Crippen molar-refractivity contribution in [3.05, 3.63) is 66.7 Å². The Hall–Kier alpha value is -2.52. The quantitative estimate of drug-likeness (QED) is 0.538. The van der Waals surface area contributed by atoms with Gasteiger partial charge in [-0.05, 0) is 28.4 Å². The van der Waals surface area contributed by atoms with E-state index in [4.69, 9.17) is 11.5 Å². The van der Waals surface area contributed by atoms with Gasteiger partial charge in [0.1, 0.15) is 0 Å². The van der Waals surface area contributed by atoms with Gasteiger partial charge >= 0.3 is 0 Å². The SMILES string of the molecule is C[Si](C)(C)c1c(-c2ccccc2N)cccc1-c1ccccc1N. The van der Waals surface area contributed by atoms with Crippen LogP contribution in [-0.2, 0) is 0 Å². The van der Waals surface area contributed by atoms with E-state index in [1.54, 1.807) is 0 Å². The van der Waals surface area contributed by atoms with Crippen molar-refractivity contribution in [2.75, 3.05) is 11.5 Å². The number of rotatable bonds is 3. The first-order valence-electron chi connectivity index (χ1n) is 8.23. The zero-order chi connectivity index (χ0) is 17.3. The summed E-state index contributed by atoms with van der Waals surface area (Å²) in [6.07, 6.45) is 0. The van der Waals surface area contributed by atoms with E-state index in [2.05, 4.69) is 50.0 Å². The molecule has 3 aromatic carbocycles. The van der Waals surface area contributed by atoms with Gasteiger partial charge in [0, 0.05) is 22.5 Å². The first-order chi connectivity index (χ1) is 11.4. The predicted octanol–water partition coefficient (Wildman–Crippen LogP) is 4.73. The summed E-state index contributed by atoms with van der Waals surface area (Å²) in [6.45, 7) is 7.11. The Kier molecular flexibility index (Phi) is 4.20. The number of nitrogens with two attached hydrogens (primary N) is 2. The van der Waals surface area contributed by atoms with Crippen LogP contribution in [0.2, 0.25) is 19.6 Å². The van der Waals surface area contributed by atoms with E-state index in [1.165, 1.54) is 16.3 Å². The molecule has 24 heavy (non-hydrogen) atoms. The van der Waals surface area contributed by atoms with Crippen LogP contribution in [0, 0.1) is 0 Å². The minimum atomic E-state index is -1.64. The van der Waals surface area contributed by atoms with E-state index in [0.29, 0.717) is 0 Å². The van der Waals surface area contributed by atoms with Crippen LogP contribution in [0.5, 0.6) is 0 Å². The molecule has 0 aliphatic rings. The third-order valence-electron chi connectivity index (χ3n) is 4.32. The van der Waals surface area contributed by atoms with Gasteiger partial charge in [-0.25, -0.2) is 0 Å². The van der Waals surface area contributed by atoms with Crippen LogP contribution in [0.15, 0.2) is 66.7 Å². The van der Waals surface area contributed by atoms with Gasteiger partial charge in [0.05, 0.1) is 8.07 Å². The summed E-state index contributed by atoms with van der Waals surface area (Å²) in [7, 11) is -1.64. The van der Waals surface area contributed by atoms with Crippen molar-refractivity contribution in [1.82, 2.24) is 0 Å². The number of hydrogen-bond acceptors (Lipinski definition) is 2. The summed E-state index contributed by atoms with van der Waals surface area (Å²) in [6, 6.07) is 22.7. The maximum atomic E-state index is 6.27. The van der Waals surface area contributed by atoms with E-state index in [0.717, 1.165) is 22.5 Å². The van der Waals surface area contributed by atoms with Crippen molar-refractivity contribution >= 4 is 24.6 Å². The van der Waals surface area contributed by atoms with Crippen molar-refractivity contribution in [2.45, 2.75) is 19.6 Å². The van der Waals surface area contributed by atoms with Crippen LogP contribution in [0.25, 0.3) is 22.3 Å². The van der Waals surface area contributed by atoms with E-state index in [1.807, 2.05) is 36.4 Å². The second-order valence-corrected chi connectivity index (χ2v) is 12.2. The third-order valence-corrected chi connectivity index (χ3v) is 6.36. The summed E-state index contributed by atoms with van der Waals surface area (Å²) in [5.41, 5.74) is 18.8. The van der Waals surface area contributed by atoms with Crippen molar-refractivity contribution in [3.8, 4) is 22.3 Å². The second-order valence-electron chi connectivity index (χ2n) is 7.15. The molecule has 0 amide bonds. The van der Waals surface area contributed by atoms with Gasteiger partial charge in [-0.2, -0.15) is 0 Å². The molecule has 0 atom stereocenters. The Morgan fingerprint density at radius 2 is 0.917 bits per heavy atom. The average molecular weight is 333 g/mol. The summed E-state index contributed by atoms with van der Waals surface area (Å²) >= 11 is 0. The van der Waals surface area contributed by atoms with E-state index in [-0.39, 0.29) is 0 Å². The second kappa shape index (κ2) is 6.17. The van der Waals surface area contributed by atoms with Crippen LogP contribution < -0.4 is 16.7 Å². The fourth-order valence-electron chi connectivity index (χ4n) is 3.29. The molecular weight excluding hydrogens is 308 g/mol. The van der Waals surface area contributed by atoms with E-state index >= 15 is 0 Å². The molecule has 0 aliphatic heterocycles. The zero-order valence-corrected chi connectivity index (χ0v) is 15.5. The first-order valence-corrected chi connectivity index (χ1v) is 11.7. The molecule has 0 saturated carbocycles. The van der Waals surface area contributed by atoms with Crippen LogP contribution in [-0.4, -0.2) is 8.07 Å². The monoisotopic (exact) mass is 332 g/mol.